The zero-order valence-corrected chi connectivity index (χ0v) is 14.7. The Kier molecular flexibility index (Phi) is 8.58. The zero-order valence-electron chi connectivity index (χ0n) is 14.7. The molecule has 0 aliphatic rings. The molecule has 0 fully saturated rings. The Labute approximate surface area is 155 Å². The van der Waals surface area contributed by atoms with Crippen LogP contribution < -0.4 is 10.1 Å². The average molecular weight is 378 g/mol. The summed E-state index contributed by atoms with van der Waals surface area (Å²) in [5, 5.41) is 11.0. The topological polar surface area (TPSA) is 88.0 Å². The van der Waals surface area contributed by atoms with E-state index in [2.05, 4.69) is 21.8 Å². The number of nitrogens with one attached hydrogen (secondary N) is 1. The number of aliphatic imine (C=N–C) groups is 1. The Balaban J connectivity index is 2.62. The fraction of sp³-hybridized carbons (Fsp3) is 0.211. The maximum atomic E-state index is 13.0. The molecule has 2 N–H and O–H groups in total. The first-order chi connectivity index (χ1) is 12.8. The van der Waals surface area contributed by atoms with Crippen LogP contribution in [0.1, 0.15) is 18.9 Å². The summed E-state index contributed by atoms with van der Waals surface area (Å²) in [6.07, 6.45) is 4.60. The molecule has 8 heteroatoms. The minimum absolute atomic E-state index is 0.274. The Bertz CT molecular complexity index is 753. The van der Waals surface area contributed by atoms with E-state index in [4.69, 9.17) is 5.11 Å². The molecule has 1 amide bonds. The molecule has 1 rings (SSSR count). The smallest absolute Gasteiger partial charge is 0.474 e. The second-order valence-corrected chi connectivity index (χ2v) is 5.24. The summed E-state index contributed by atoms with van der Waals surface area (Å²) in [6.45, 7) is 5.63. The number of carboxylic acid groups (broad SMARTS) is 1. The number of hydrogen-bond acceptors (Lipinski definition) is 4. The van der Waals surface area contributed by atoms with Gasteiger partial charge in [0.25, 0.3) is 0 Å². The van der Waals surface area contributed by atoms with Crippen LogP contribution in [-0.4, -0.2) is 36.4 Å². The Morgan fingerprint density at radius 2 is 1.96 bits per heavy atom. The molecule has 1 aromatic carbocycles. The summed E-state index contributed by atoms with van der Waals surface area (Å²) in [4.78, 5) is 25.8. The maximum Gasteiger partial charge on any atom is 0.501 e. The van der Waals surface area contributed by atoms with E-state index < -0.39 is 12.1 Å². The van der Waals surface area contributed by atoms with Gasteiger partial charge in [0, 0.05) is 18.8 Å². The van der Waals surface area contributed by atoms with Crippen LogP contribution in [-0.2, 0) is 9.59 Å². The van der Waals surface area contributed by atoms with E-state index in [0.717, 1.165) is 12.0 Å². The van der Waals surface area contributed by atoms with Crippen molar-refractivity contribution in [2.24, 2.45) is 4.99 Å². The normalized spacial score (nSPS) is 12.3. The van der Waals surface area contributed by atoms with Crippen molar-refractivity contribution in [3.05, 3.63) is 59.8 Å². The van der Waals surface area contributed by atoms with Crippen LogP contribution >= 0.6 is 0 Å². The largest absolute Gasteiger partial charge is 0.501 e. The van der Waals surface area contributed by atoms with E-state index in [0.29, 0.717) is 5.56 Å². The van der Waals surface area contributed by atoms with Crippen molar-refractivity contribution in [2.75, 3.05) is 6.54 Å². The van der Waals surface area contributed by atoms with Crippen molar-refractivity contribution >= 4 is 24.7 Å². The van der Waals surface area contributed by atoms with E-state index in [1.165, 1.54) is 36.4 Å². The molecule has 0 saturated carbocycles. The summed E-state index contributed by atoms with van der Waals surface area (Å²) in [7, 11) is 0. The zero-order chi connectivity index (χ0) is 20.3. The fourth-order valence-electron chi connectivity index (χ4n) is 1.79. The van der Waals surface area contributed by atoms with Crippen molar-refractivity contribution in [3.8, 4) is 5.75 Å². The number of allylic oxidation sites excluding steroid dienone is 1. The van der Waals surface area contributed by atoms with Gasteiger partial charge in [-0.25, -0.2) is 4.79 Å². The van der Waals surface area contributed by atoms with Gasteiger partial charge in [0.15, 0.2) is 0 Å². The highest BCUT2D eigenvalue weighted by molar-refractivity contribution is 5.91. The highest BCUT2D eigenvalue weighted by Crippen LogP contribution is 2.22. The van der Waals surface area contributed by atoms with E-state index in [-0.39, 0.29) is 18.2 Å². The molecule has 6 nitrogen and oxygen atoms in total. The third kappa shape index (κ3) is 8.08. The number of hydrogen-bond donors (Lipinski definition) is 2. The molecule has 0 spiro atoms. The van der Waals surface area contributed by atoms with Crippen LogP contribution in [0.3, 0.4) is 0 Å². The molecule has 0 aliphatic carbocycles. The van der Waals surface area contributed by atoms with Crippen molar-refractivity contribution in [3.63, 3.8) is 0 Å². The molecule has 0 atom stereocenters. The second-order valence-electron chi connectivity index (χ2n) is 5.24. The highest BCUT2D eigenvalue weighted by atomic mass is 19.3. The van der Waals surface area contributed by atoms with Gasteiger partial charge in [0.1, 0.15) is 5.75 Å². The summed E-state index contributed by atoms with van der Waals surface area (Å²) in [5.41, 5.74) is 1.33. The average Bonchev–Trinajstić information content (AvgIpc) is 2.63. The summed E-state index contributed by atoms with van der Waals surface area (Å²) in [5.74, 6) is -3.04. The number of nitrogens with zero attached hydrogens (tertiary/aromatic N) is 1. The van der Waals surface area contributed by atoms with Gasteiger partial charge in [-0.2, -0.15) is 8.78 Å². The lowest BCUT2D eigenvalue weighted by atomic mass is 10.2. The SMILES string of the molecule is C=N/C=C(\C=C/CC)CNC(=O)/C=C/c1ccc(OC(F)(F)C(=O)O)cc1. The van der Waals surface area contributed by atoms with Gasteiger partial charge in [-0.3, -0.25) is 9.79 Å². The van der Waals surface area contributed by atoms with E-state index in [1.54, 1.807) is 6.20 Å². The van der Waals surface area contributed by atoms with Gasteiger partial charge < -0.3 is 15.2 Å². The quantitative estimate of drug-likeness (QED) is 0.371. The standard InChI is InChI=1S/C19H20F2N2O4/c1-3-4-5-15(12-22-2)13-23-17(24)11-8-14-6-9-16(10-7-14)27-19(20,21)18(25)26/h4-12H,2-3,13H2,1H3,(H,23,24)(H,25,26)/b5-4-,11-8+,15-12+. The number of carboxylic acids is 1. The number of carbonyl (C=O) groups excluding carboxylic acids is 1. The predicted molar refractivity (Wildman–Crippen MR) is 98.8 cm³/mol. The number of carbonyl (C=O) groups is 2. The minimum Gasteiger partial charge on any atom is -0.474 e. The van der Waals surface area contributed by atoms with Gasteiger partial charge >= 0.3 is 12.1 Å². The van der Waals surface area contributed by atoms with Crippen LogP contribution in [0.4, 0.5) is 8.78 Å². The van der Waals surface area contributed by atoms with Crippen LogP contribution in [0.15, 0.2) is 59.3 Å². The van der Waals surface area contributed by atoms with Crippen LogP contribution in [0, 0.1) is 0 Å². The van der Waals surface area contributed by atoms with E-state index in [1.807, 2.05) is 19.1 Å². The maximum absolute atomic E-state index is 13.0. The number of rotatable bonds is 10. The Morgan fingerprint density at radius 3 is 2.52 bits per heavy atom. The number of amides is 1. The molecule has 0 unspecified atom stereocenters. The molecule has 0 radical (unpaired) electrons. The van der Waals surface area contributed by atoms with Crippen LogP contribution in [0.5, 0.6) is 5.75 Å². The van der Waals surface area contributed by atoms with Gasteiger partial charge in [0.05, 0.1) is 0 Å². The molecular formula is C19H20F2N2O4. The molecule has 144 valence electrons. The van der Waals surface area contributed by atoms with E-state index in [9.17, 15) is 18.4 Å². The lowest BCUT2D eigenvalue weighted by Crippen LogP contribution is -2.34. The van der Waals surface area contributed by atoms with Crippen LogP contribution in [0.25, 0.3) is 6.08 Å². The minimum atomic E-state index is -4.31. The Morgan fingerprint density at radius 1 is 1.30 bits per heavy atom. The number of benzene rings is 1. The van der Waals surface area contributed by atoms with Gasteiger partial charge in [0.2, 0.25) is 5.91 Å². The summed E-state index contributed by atoms with van der Waals surface area (Å²) >= 11 is 0. The molecule has 0 bridgehead atoms. The third-order valence-corrected chi connectivity index (χ3v) is 3.09. The number of alkyl halides is 2. The molecule has 27 heavy (non-hydrogen) atoms. The number of aliphatic carboxylic acids is 1. The van der Waals surface area contributed by atoms with Gasteiger partial charge in [-0.05, 0) is 42.5 Å². The lowest BCUT2D eigenvalue weighted by Gasteiger charge is -2.12. The number of ether oxygens (including phenoxy) is 1. The predicted octanol–water partition coefficient (Wildman–Crippen LogP) is 3.42. The van der Waals surface area contributed by atoms with Crippen molar-refractivity contribution in [1.82, 2.24) is 5.32 Å². The summed E-state index contributed by atoms with van der Waals surface area (Å²) < 4.78 is 30.0. The number of halogens is 2. The fourth-order valence-corrected chi connectivity index (χ4v) is 1.79. The van der Waals surface area contributed by atoms with Gasteiger partial charge in [-0.1, -0.05) is 31.2 Å². The summed E-state index contributed by atoms with van der Waals surface area (Å²) in [6, 6.07) is 5.18. The van der Waals surface area contributed by atoms with Crippen molar-refractivity contribution < 1.29 is 28.2 Å². The first kappa shape index (κ1) is 21.8. The Hall–Kier alpha value is -3.29. The molecule has 0 aromatic heterocycles. The van der Waals surface area contributed by atoms with Crippen molar-refractivity contribution in [1.29, 1.82) is 0 Å². The van der Waals surface area contributed by atoms with Crippen molar-refractivity contribution in [2.45, 2.75) is 19.5 Å². The van der Waals surface area contributed by atoms with Crippen LogP contribution in [0.2, 0.25) is 0 Å². The molecule has 0 aliphatic heterocycles. The monoisotopic (exact) mass is 378 g/mol. The highest BCUT2D eigenvalue weighted by Gasteiger charge is 2.42. The molecular weight excluding hydrogens is 358 g/mol. The van der Waals surface area contributed by atoms with E-state index >= 15 is 0 Å². The third-order valence-electron chi connectivity index (χ3n) is 3.09. The molecule has 0 heterocycles. The molecule has 0 saturated heterocycles. The lowest BCUT2D eigenvalue weighted by molar-refractivity contribution is -0.210. The molecule has 1 aromatic rings. The first-order valence-electron chi connectivity index (χ1n) is 7.96. The second kappa shape index (κ2) is 10.6. The first-order valence-corrected chi connectivity index (χ1v) is 7.96. The van der Waals surface area contributed by atoms with Gasteiger partial charge in [-0.15, -0.1) is 0 Å².